The summed E-state index contributed by atoms with van der Waals surface area (Å²) in [6.45, 7) is 9.76. The highest BCUT2D eigenvalue weighted by atomic mass is 16.5. The summed E-state index contributed by atoms with van der Waals surface area (Å²) in [6, 6.07) is 0. The first-order chi connectivity index (χ1) is 7.07. The van der Waals surface area contributed by atoms with Crippen molar-refractivity contribution in [2.24, 2.45) is 0 Å². The molecule has 1 N–H and O–H groups in total. The van der Waals surface area contributed by atoms with E-state index in [0.29, 0.717) is 17.8 Å². The fourth-order valence-corrected chi connectivity index (χ4v) is 1.17. The van der Waals surface area contributed by atoms with Gasteiger partial charge in [0, 0.05) is 5.69 Å². The van der Waals surface area contributed by atoms with E-state index in [1.165, 1.54) is 0 Å². The van der Waals surface area contributed by atoms with Gasteiger partial charge >= 0.3 is 5.97 Å². The second-order valence-electron chi connectivity index (χ2n) is 2.88. The molecule has 0 spiro atoms. The quantitative estimate of drug-likeness (QED) is 0.591. The van der Waals surface area contributed by atoms with Crippen molar-refractivity contribution in [2.45, 2.75) is 34.6 Å². The van der Waals surface area contributed by atoms with Crippen molar-refractivity contribution in [1.29, 1.82) is 0 Å². The molecule has 3 nitrogen and oxygen atoms in total. The Hall–Kier alpha value is -1.19. The van der Waals surface area contributed by atoms with E-state index >= 15 is 0 Å². The normalized spacial score (nSPS) is 9.13. The molecule has 0 unspecified atom stereocenters. The Kier molecular flexibility index (Phi) is 5.83. The maximum atomic E-state index is 11.3. The Morgan fingerprint density at radius 3 is 2.27 bits per heavy atom. The number of ether oxygens (including phenoxy) is 1. The SMILES string of the molecule is CC.[B]c1c(C)[nH]c(C(=O)OCC)c1C. The van der Waals surface area contributed by atoms with Gasteiger partial charge in [-0.3, -0.25) is 0 Å². The molecule has 2 radical (unpaired) electrons. The molecule has 0 saturated heterocycles. The fraction of sp³-hybridized carbons (Fsp3) is 0.545. The average Bonchev–Trinajstić information content (AvgIpc) is 2.49. The van der Waals surface area contributed by atoms with Crippen LogP contribution in [0.3, 0.4) is 0 Å². The zero-order valence-electron chi connectivity index (χ0n) is 10.1. The van der Waals surface area contributed by atoms with E-state index in [-0.39, 0.29) is 5.97 Å². The van der Waals surface area contributed by atoms with Crippen molar-refractivity contribution in [2.75, 3.05) is 6.61 Å². The number of carbonyl (C=O) groups is 1. The molecule has 4 heteroatoms. The van der Waals surface area contributed by atoms with E-state index in [1.807, 2.05) is 20.8 Å². The minimum Gasteiger partial charge on any atom is -0.461 e. The fourth-order valence-electron chi connectivity index (χ4n) is 1.17. The van der Waals surface area contributed by atoms with E-state index in [2.05, 4.69) is 4.98 Å². The lowest BCUT2D eigenvalue weighted by Crippen LogP contribution is -2.10. The van der Waals surface area contributed by atoms with E-state index in [4.69, 9.17) is 12.6 Å². The van der Waals surface area contributed by atoms with Crippen LogP contribution in [0.1, 0.15) is 42.5 Å². The summed E-state index contributed by atoms with van der Waals surface area (Å²) in [4.78, 5) is 14.2. The second-order valence-corrected chi connectivity index (χ2v) is 2.88. The van der Waals surface area contributed by atoms with Crippen molar-refractivity contribution < 1.29 is 9.53 Å². The summed E-state index contributed by atoms with van der Waals surface area (Å²) in [7, 11) is 5.70. The molecule has 0 atom stereocenters. The summed E-state index contributed by atoms with van der Waals surface area (Å²) in [5.41, 5.74) is 2.65. The Bertz CT molecular complexity index is 332. The van der Waals surface area contributed by atoms with E-state index in [9.17, 15) is 4.79 Å². The van der Waals surface area contributed by atoms with Crippen molar-refractivity contribution in [3.63, 3.8) is 0 Å². The van der Waals surface area contributed by atoms with Crippen molar-refractivity contribution >= 4 is 19.3 Å². The predicted molar refractivity (Wildman–Crippen MR) is 63.0 cm³/mol. The Morgan fingerprint density at radius 1 is 1.40 bits per heavy atom. The van der Waals surface area contributed by atoms with Gasteiger partial charge in [0.1, 0.15) is 13.5 Å². The Morgan fingerprint density at radius 2 is 1.93 bits per heavy atom. The van der Waals surface area contributed by atoms with Crippen LogP contribution in [0.4, 0.5) is 0 Å². The standard InChI is InChI=1S/C9H12BNO2.C2H6/c1-4-13-9(12)8-5(2)7(10)6(3)11-8;1-2/h11H,4H2,1-3H3;1-2H3. The molecule has 0 aliphatic rings. The molecule has 82 valence electrons. The zero-order valence-corrected chi connectivity index (χ0v) is 10.1. The van der Waals surface area contributed by atoms with Crippen LogP contribution in [0, 0.1) is 13.8 Å². The molecule has 1 rings (SSSR count). The number of aromatic nitrogens is 1. The first-order valence-electron chi connectivity index (χ1n) is 5.19. The average molecular weight is 207 g/mol. The lowest BCUT2D eigenvalue weighted by Gasteiger charge is -1.99. The number of nitrogens with one attached hydrogen (secondary N) is 1. The van der Waals surface area contributed by atoms with Crippen molar-refractivity contribution in [3.05, 3.63) is 17.0 Å². The number of hydrogen-bond acceptors (Lipinski definition) is 2. The summed E-state index contributed by atoms with van der Waals surface area (Å²) in [5.74, 6) is -0.347. The maximum Gasteiger partial charge on any atom is 0.354 e. The maximum absolute atomic E-state index is 11.3. The highest BCUT2D eigenvalue weighted by Gasteiger charge is 2.14. The molecular weight excluding hydrogens is 189 g/mol. The molecule has 0 bridgehead atoms. The van der Waals surface area contributed by atoms with Crippen LogP contribution in [-0.4, -0.2) is 25.4 Å². The van der Waals surface area contributed by atoms with Gasteiger partial charge in [0.15, 0.2) is 0 Å². The van der Waals surface area contributed by atoms with Crippen LogP contribution in [0.25, 0.3) is 0 Å². The van der Waals surface area contributed by atoms with E-state index in [0.717, 1.165) is 11.3 Å². The van der Waals surface area contributed by atoms with Crippen LogP contribution in [-0.2, 0) is 4.74 Å². The monoisotopic (exact) mass is 207 g/mol. The van der Waals surface area contributed by atoms with Crippen molar-refractivity contribution in [1.82, 2.24) is 4.98 Å². The zero-order chi connectivity index (χ0) is 12.0. The molecule has 1 heterocycles. The second kappa shape index (κ2) is 6.33. The summed E-state index contributed by atoms with van der Waals surface area (Å²) >= 11 is 0. The topological polar surface area (TPSA) is 42.1 Å². The molecule has 0 aliphatic carbocycles. The molecule has 0 aromatic carbocycles. The molecule has 0 aliphatic heterocycles. The van der Waals surface area contributed by atoms with Crippen molar-refractivity contribution in [3.8, 4) is 0 Å². The minimum atomic E-state index is -0.347. The lowest BCUT2D eigenvalue weighted by molar-refractivity contribution is 0.0519. The third kappa shape index (κ3) is 3.15. The third-order valence-electron chi connectivity index (χ3n) is 1.98. The van der Waals surface area contributed by atoms with Crippen LogP contribution in [0.5, 0.6) is 0 Å². The number of H-pyrrole nitrogens is 1. The molecule has 1 aromatic heterocycles. The molecule has 0 amide bonds. The summed E-state index contributed by atoms with van der Waals surface area (Å²) in [5, 5.41) is 0. The van der Waals surface area contributed by atoms with Crippen LogP contribution in [0.2, 0.25) is 0 Å². The van der Waals surface area contributed by atoms with Gasteiger partial charge in [0.05, 0.1) is 6.61 Å². The van der Waals surface area contributed by atoms with Gasteiger partial charge in [-0.1, -0.05) is 19.3 Å². The van der Waals surface area contributed by atoms with Gasteiger partial charge in [-0.15, -0.1) is 0 Å². The van der Waals surface area contributed by atoms with Gasteiger partial charge in [-0.2, -0.15) is 0 Å². The third-order valence-corrected chi connectivity index (χ3v) is 1.98. The van der Waals surface area contributed by atoms with Gasteiger partial charge in [-0.25, -0.2) is 4.79 Å². The Labute approximate surface area is 92.6 Å². The number of esters is 1. The highest BCUT2D eigenvalue weighted by Crippen LogP contribution is 2.06. The first kappa shape index (κ1) is 13.8. The number of aromatic amines is 1. The summed E-state index contributed by atoms with van der Waals surface area (Å²) in [6.07, 6.45) is 0. The van der Waals surface area contributed by atoms with Crippen LogP contribution >= 0.6 is 0 Å². The van der Waals surface area contributed by atoms with Gasteiger partial charge in [0.25, 0.3) is 0 Å². The number of rotatable bonds is 2. The van der Waals surface area contributed by atoms with E-state index in [1.54, 1.807) is 13.8 Å². The molecule has 15 heavy (non-hydrogen) atoms. The number of aryl methyl sites for hydroxylation is 1. The van der Waals surface area contributed by atoms with Crippen LogP contribution < -0.4 is 5.46 Å². The molecular formula is C11H18BNO2. The minimum absolute atomic E-state index is 0.347. The number of carbonyl (C=O) groups excluding carboxylic acids is 1. The smallest absolute Gasteiger partial charge is 0.354 e. The number of hydrogen-bond donors (Lipinski definition) is 1. The van der Waals surface area contributed by atoms with Crippen LogP contribution in [0.15, 0.2) is 0 Å². The highest BCUT2D eigenvalue weighted by molar-refractivity contribution is 6.34. The lowest BCUT2D eigenvalue weighted by atomic mass is 9.92. The van der Waals surface area contributed by atoms with Gasteiger partial charge in [0.2, 0.25) is 0 Å². The molecule has 1 aromatic rings. The molecule has 0 fully saturated rings. The largest absolute Gasteiger partial charge is 0.461 e. The van der Waals surface area contributed by atoms with E-state index < -0.39 is 0 Å². The van der Waals surface area contributed by atoms with Gasteiger partial charge < -0.3 is 9.72 Å². The summed E-state index contributed by atoms with van der Waals surface area (Å²) < 4.78 is 4.85. The molecule has 0 saturated carbocycles. The predicted octanol–water partition coefficient (Wildman–Crippen LogP) is 1.63. The first-order valence-corrected chi connectivity index (χ1v) is 5.19. The van der Waals surface area contributed by atoms with Gasteiger partial charge in [-0.05, 0) is 26.3 Å². The Balaban J connectivity index is 0.000000921.